The Morgan fingerprint density at radius 1 is 1.29 bits per heavy atom. The molecule has 5 heteroatoms. The lowest BCUT2D eigenvalue weighted by Crippen LogP contribution is -2.19. The van der Waals surface area contributed by atoms with Crippen molar-refractivity contribution in [2.75, 3.05) is 19.1 Å². The first-order chi connectivity index (χ1) is 6.37. The Morgan fingerprint density at radius 2 is 1.86 bits per heavy atom. The van der Waals surface area contributed by atoms with Crippen LogP contribution in [0.5, 0.6) is 0 Å². The molecule has 0 rings (SSSR count). The second kappa shape index (κ2) is 6.51. The fraction of sp³-hybridized carbons (Fsp3) is 1.00. The highest BCUT2D eigenvalue weighted by atomic mass is 35.5. The van der Waals surface area contributed by atoms with E-state index >= 15 is 0 Å². The van der Waals surface area contributed by atoms with Crippen LogP contribution in [0.4, 0.5) is 13.2 Å². The number of ether oxygens (including phenoxy) is 1. The Kier molecular flexibility index (Phi) is 6.53. The van der Waals surface area contributed by atoms with Gasteiger partial charge in [0.1, 0.15) is 6.61 Å². The molecule has 0 aromatic carbocycles. The van der Waals surface area contributed by atoms with Crippen molar-refractivity contribution in [1.29, 1.82) is 0 Å². The molecule has 1 atom stereocenters. The molecule has 0 bridgehead atoms. The Morgan fingerprint density at radius 3 is 2.21 bits per heavy atom. The topological polar surface area (TPSA) is 9.23 Å². The summed E-state index contributed by atoms with van der Waals surface area (Å²) in [6, 6.07) is 0. The minimum atomic E-state index is -4.23. The lowest BCUT2D eigenvalue weighted by atomic mass is 9.95. The molecule has 0 amide bonds. The Bertz CT molecular complexity index is 147. The second-order valence-electron chi connectivity index (χ2n) is 3.61. The highest BCUT2D eigenvalue weighted by molar-refractivity contribution is 6.18. The Labute approximate surface area is 87.6 Å². The van der Waals surface area contributed by atoms with Crippen molar-refractivity contribution in [1.82, 2.24) is 0 Å². The molecule has 0 aromatic rings. The van der Waals surface area contributed by atoms with Gasteiger partial charge < -0.3 is 4.74 Å². The molecule has 1 unspecified atom stereocenters. The molecule has 0 aliphatic rings. The van der Waals surface area contributed by atoms with Crippen molar-refractivity contribution in [3.05, 3.63) is 0 Å². The first-order valence-corrected chi connectivity index (χ1v) is 5.10. The average molecular weight is 233 g/mol. The monoisotopic (exact) mass is 232 g/mol. The molecule has 0 spiro atoms. The number of alkyl halides is 4. The molecule has 1 nitrogen and oxygen atoms in total. The second-order valence-corrected chi connectivity index (χ2v) is 3.92. The number of hydrogen-bond acceptors (Lipinski definition) is 1. The van der Waals surface area contributed by atoms with E-state index in [0.29, 0.717) is 18.2 Å². The van der Waals surface area contributed by atoms with Gasteiger partial charge in [-0.1, -0.05) is 13.8 Å². The van der Waals surface area contributed by atoms with Crippen molar-refractivity contribution in [2.24, 2.45) is 11.8 Å². The van der Waals surface area contributed by atoms with E-state index in [9.17, 15) is 13.2 Å². The van der Waals surface area contributed by atoms with Crippen LogP contribution in [0.1, 0.15) is 20.3 Å². The first kappa shape index (κ1) is 14.0. The van der Waals surface area contributed by atoms with Gasteiger partial charge in [0.15, 0.2) is 0 Å². The van der Waals surface area contributed by atoms with E-state index in [1.807, 2.05) is 13.8 Å². The average Bonchev–Trinajstić information content (AvgIpc) is 2.01. The largest absolute Gasteiger partial charge is 0.411 e. The van der Waals surface area contributed by atoms with Crippen LogP contribution in [-0.4, -0.2) is 25.3 Å². The first-order valence-electron chi connectivity index (χ1n) is 4.57. The molecule has 0 aliphatic heterocycles. The summed E-state index contributed by atoms with van der Waals surface area (Å²) in [4.78, 5) is 0. The zero-order chi connectivity index (χ0) is 11.2. The van der Waals surface area contributed by atoms with Crippen LogP contribution in [0, 0.1) is 11.8 Å². The van der Waals surface area contributed by atoms with E-state index in [0.717, 1.165) is 0 Å². The zero-order valence-corrected chi connectivity index (χ0v) is 9.16. The summed E-state index contributed by atoms with van der Waals surface area (Å²) in [6.45, 7) is 2.95. The van der Waals surface area contributed by atoms with E-state index in [-0.39, 0.29) is 12.5 Å². The number of hydrogen-bond donors (Lipinski definition) is 0. The fourth-order valence-corrected chi connectivity index (χ4v) is 1.52. The van der Waals surface area contributed by atoms with Gasteiger partial charge in [0, 0.05) is 12.5 Å². The standard InChI is InChI=1S/C9H16ClF3O/c1-7(2)8(5-10)3-4-14-6-9(11,12)13/h7-8H,3-6H2,1-2H3. The van der Waals surface area contributed by atoms with Crippen molar-refractivity contribution in [3.8, 4) is 0 Å². The predicted octanol–water partition coefficient (Wildman–Crippen LogP) is 3.47. The molecule has 0 aromatic heterocycles. The smallest absolute Gasteiger partial charge is 0.372 e. The van der Waals surface area contributed by atoms with Crippen LogP contribution in [-0.2, 0) is 4.74 Å². The highest BCUT2D eigenvalue weighted by Gasteiger charge is 2.27. The van der Waals surface area contributed by atoms with E-state index in [1.54, 1.807) is 0 Å². The van der Waals surface area contributed by atoms with Crippen LogP contribution in [0.3, 0.4) is 0 Å². The summed E-state index contributed by atoms with van der Waals surface area (Å²) in [5.74, 6) is 1.07. The minimum absolute atomic E-state index is 0.120. The summed E-state index contributed by atoms with van der Waals surface area (Å²) in [5.41, 5.74) is 0. The third-order valence-corrected chi connectivity index (χ3v) is 2.44. The molecule has 0 fully saturated rings. The third kappa shape index (κ3) is 7.44. The SMILES string of the molecule is CC(C)C(CCl)CCOCC(F)(F)F. The van der Waals surface area contributed by atoms with Crippen molar-refractivity contribution in [2.45, 2.75) is 26.4 Å². The van der Waals surface area contributed by atoms with Crippen LogP contribution in [0.25, 0.3) is 0 Å². The van der Waals surface area contributed by atoms with E-state index in [1.165, 1.54) is 0 Å². The summed E-state index contributed by atoms with van der Waals surface area (Å²) in [6.07, 6.45) is -3.65. The summed E-state index contributed by atoms with van der Waals surface area (Å²) >= 11 is 5.65. The lowest BCUT2D eigenvalue weighted by molar-refractivity contribution is -0.174. The van der Waals surface area contributed by atoms with Crippen molar-refractivity contribution >= 4 is 11.6 Å². The molecule has 86 valence electrons. The maximum absolute atomic E-state index is 11.7. The van der Waals surface area contributed by atoms with E-state index in [2.05, 4.69) is 4.74 Å². The molecule has 0 heterocycles. The van der Waals surface area contributed by atoms with Crippen LogP contribution in [0.2, 0.25) is 0 Å². The molecule has 0 N–H and O–H groups in total. The Hall–Kier alpha value is 0.0400. The maximum atomic E-state index is 11.7. The molecule has 0 aliphatic carbocycles. The summed E-state index contributed by atoms with van der Waals surface area (Å²) in [5, 5.41) is 0. The lowest BCUT2D eigenvalue weighted by Gasteiger charge is -2.17. The molecule has 0 radical (unpaired) electrons. The normalized spacial score (nSPS) is 14.8. The van der Waals surface area contributed by atoms with E-state index < -0.39 is 12.8 Å². The maximum Gasteiger partial charge on any atom is 0.411 e. The number of rotatable bonds is 6. The molecule has 0 saturated heterocycles. The summed E-state index contributed by atoms with van der Waals surface area (Å²) in [7, 11) is 0. The fourth-order valence-electron chi connectivity index (χ4n) is 1.01. The van der Waals surface area contributed by atoms with Gasteiger partial charge in [0.2, 0.25) is 0 Å². The van der Waals surface area contributed by atoms with Gasteiger partial charge in [-0.2, -0.15) is 13.2 Å². The van der Waals surface area contributed by atoms with Gasteiger partial charge >= 0.3 is 6.18 Å². The van der Waals surface area contributed by atoms with Gasteiger partial charge in [0.05, 0.1) is 0 Å². The molecular weight excluding hydrogens is 217 g/mol. The zero-order valence-electron chi connectivity index (χ0n) is 8.40. The predicted molar refractivity (Wildman–Crippen MR) is 50.5 cm³/mol. The van der Waals surface area contributed by atoms with Gasteiger partial charge in [-0.25, -0.2) is 0 Å². The third-order valence-electron chi connectivity index (χ3n) is 2.04. The summed E-state index contributed by atoms with van der Waals surface area (Å²) < 4.78 is 39.5. The molecule has 0 saturated carbocycles. The molecular formula is C9H16ClF3O. The van der Waals surface area contributed by atoms with E-state index in [4.69, 9.17) is 11.6 Å². The van der Waals surface area contributed by atoms with Crippen LogP contribution >= 0.6 is 11.6 Å². The van der Waals surface area contributed by atoms with Crippen LogP contribution in [0.15, 0.2) is 0 Å². The van der Waals surface area contributed by atoms with Gasteiger partial charge in [-0.15, -0.1) is 11.6 Å². The van der Waals surface area contributed by atoms with Crippen LogP contribution < -0.4 is 0 Å². The molecule has 14 heavy (non-hydrogen) atoms. The van der Waals surface area contributed by atoms with Crippen molar-refractivity contribution < 1.29 is 17.9 Å². The van der Waals surface area contributed by atoms with Crippen molar-refractivity contribution in [3.63, 3.8) is 0 Å². The Balaban J connectivity index is 3.52. The highest BCUT2D eigenvalue weighted by Crippen LogP contribution is 2.18. The minimum Gasteiger partial charge on any atom is -0.372 e. The van der Waals surface area contributed by atoms with Gasteiger partial charge in [0.25, 0.3) is 0 Å². The number of halogens is 4. The van der Waals surface area contributed by atoms with Gasteiger partial charge in [-0.3, -0.25) is 0 Å². The quantitative estimate of drug-likeness (QED) is 0.503. The van der Waals surface area contributed by atoms with Gasteiger partial charge in [-0.05, 0) is 18.3 Å².